The van der Waals surface area contributed by atoms with Crippen molar-refractivity contribution in [1.29, 1.82) is 0 Å². The van der Waals surface area contributed by atoms with Gasteiger partial charge in [-0.05, 0) is 49.2 Å². The van der Waals surface area contributed by atoms with Gasteiger partial charge < -0.3 is 20.5 Å². The van der Waals surface area contributed by atoms with E-state index in [-0.39, 0.29) is 18.6 Å². The quantitative estimate of drug-likeness (QED) is 0.655. The second-order valence-electron chi connectivity index (χ2n) is 7.05. The van der Waals surface area contributed by atoms with E-state index in [1.807, 2.05) is 18.2 Å². The highest BCUT2D eigenvalue weighted by molar-refractivity contribution is 5.73. The fourth-order valence-corrected chi connectivity index (χ4v) is 3.57. The number of likely N-dealkylation sites (tertiary alicyclic amines) is 1. The maximum Gasteiger partial charge on any atom is 0.314 e. The molecule has 0 bridgehead atoms. The fourth-order valence-electron chi connectivity index (χ4n) is 3.57. The van der Waals surface area contributed by atoms with Gasteiger partial charge in [0.25, 0.3) is 0 Å². The number of aliphatic hydroxyl groups is 1. The number of nitrogens with zero attached hydrogens (tertiary/aromatic N) is 1. The van der Waals surface area contributed by atoms with Gasteiger partial charge in [-0.25, -0.2) is 4.79 Å². The van der Waals surface area contributed by atoms with Crippen molar-refractivity contribution in [3.63, 3.8) is 0 Å². The Kier molecular flexibility index (Phi) is 7.28. The molecule has 150 valence electrons. The molecular weight excluding hydrogens is 354 g/mol. The van der Waals surface area contributed by atoms with Gasteiger partial charge in [0.2, 0.25) is 0 Å². The third-order valence-electron chi connectivity index (χ3n) is 5.18. The summed E-state index contributed by atoms with van der Waals surface area (Å²) < 4.78 is 5.11. The number of benzene rings is 2. The minimum absolute atomic E-state index is 0.151. The van der Waals surface area contributed by atoms with Crippen LogP contribution in [0.15, 0.2) is 54.6 Å². The molecular formula is C22H29N3O3. The summed E-state index contributed by atoms with van der Waals surface area (Å²) >= 11 is 0. The standard InChI is InChI=1S/C22H29N3O3/c1-28-19-11-9-18(10-12-19)21(26)16-24-22(27)23-15-20(25-13-5-6-14-25)17-7-3-2-4-8-17/h2-4,7-12,20-21,26H,5-6,13-16H2,1H3,(H2,23,24,27). The second kappa shape index (κ2) is 10.1. The number of hydrogen-bond donors (Lipinski definition) is 3. The predicted octanol–water partition coefficient (Wildman–Crippen LogP) is 2.86. The summed E-state index contributed by atoms with van der Waals surface area (Å²) in [7, 11) is 1.60. The first-order valence-electron chi connectivity index (χ1n) is 9.80. The Balaban J connectivity index is 1.50. The van der Waals surface area contributed by atoms with Gasteiger partial charge >= 0.3 is 6.03 Å². The van der Waals surface area contributed by atoms with E-state index in [2.05, 4.69) is 27.7 Å². The summed E-state index contributed by atoms with van der Waals surface area (Å²) in [5.74, 6) is 0.732. The van der Waals surface area contributed by atoms with Crippen molar-refractivity contribution in [1.82, 2.24) is 15.5 Å². The van der Waals surface area contributed by atoms with Crippen LogP contribution in [-0.2, 0) is 0 Å². The van der Waals surface area contributed by atoms with E-state index < -0.39 is 6.10 Å². The highest BCUT2D eigenvalue weighted by Gasteiger charge is 2.23. The molecule has 6 heteroatoms. The molecule has 0 aromatic heterocycles. The van der Waals surface area contributed by atoms with E-state index in [0.717, 1.165) is 24.4 Å². The number of urea groups is 1. The monoisotopic (exact) mass is 383 g/mol. The summed E-state index contributed by atoms with van der Waals surface area (Å²) in [5, 5.41) is 16.0. The molecule has 2 aromatic rings. The maximum absolute atomic E-state index is 12.3. The molecule has 2 amide bonds. The summed E-state index contributed by atoms with van der Waals surface area (Å²) in [4.78, 5) is 14.7. The van der Waals surface area contributed by atoms with E-state index in [1.165, 1.54) is 18.4 Å². The van der Waals surface area contributed by atoms with Crippen molar-refractivity contribution in [2.45, 2.75) is 25.0 Å². The molecule has 1 fully saturated rings. The van der Waals surface area contributed by atoms with E-state index in [0.29, 0.717) is 6.54 Å². The Labute approximate surface area is 166 Å². The van der Waals surface area contributed by atoms with Crippen LogP contribution in [0.5, 0.6) is 5.75 Å². The molecule has 0 saturated carbocycles. The third-order valence-corrected chi connectivity index (χ3v) is 5.18. The SMILES string of the molecule is COc1ccc(C(O)CNC(=O)NCC(c2ccccc2)N2CCCC2)cc1. The minimum Gasteiger partial charge on any atom is -0.497 e. The zero-order chi connectivity index (χ0) is 19.8. The molecule has 0 spiro atoms. The Morgan fingerprint density at radius 2 is 1.64 bits per heavy atom. The number of methoxy groups -OCH3 is 1. The first-order valence-corrected chi connectivity index (χ1v) is 9.80. The van der Waals surface area contributed by atoms with Gasteiger partial charge in [-0.3, -0.25) is 4.90 Å². The van der Waals surface area contributed by atoms with E-state index in [9.17, 15) is 9.90 Å². The molecule has 3 N–H and O–H groups in total. The Morgan fingerprint density at radius 1 is 1.00 bits per heavy atom. The van der Waals surface area contributed by atoms with Gasteiger partial charge in [0.05, 0.1) is 19.3 Å². The highest BCUT2D eigenvalue weighted by atomic mass is 16.5. The van der Waals surface area contributed by atoms with Crippen molar-refractivity contribution >= 4 is 6.03 Å². The third kappa shape index (κ3) is 5.47. The number of amides is 2. The second-order valence-corrected chi connectivity index (χ2v) is 7.05. The van der Waals surface area contributed by atoms with Crippen LogP contribution in [0, 0.1) is 0 Å². The summed E-state index contributed by atoms with van der Waals surface area (Å²) in [6.45, 7) is 2.80. The van der Waals surface area contributed by atoms with Gasteiger partial charge in [0.15, 0.2) is 0 Å². The first kappa shape index (κ1) is 20.2. The molecule has 6 nitrogen and oxygen atoms in total. The van der Waals surface area contributed by atoms with Crippen LogP contribution >= 0.6 is 0 Å². The van der Waals surface area contributed by atoms with E-state index >= 15 is 0 Å². The molecule has 2 atom stereocenters. The van der Waals surface area contributed by atoms with Crippen molar-refractivity contribution in [3.05, 3.63) is 65.7 Å². The molecule has 3 rings (SSSR count). The lowest BCUT2D eigenvalue weighted by Gasteiger charge is -2.28. The number of carbonyl (C=O) groups excluding carboxylic acids is 1. The predicted molar refractivity (Wildman–Crippen MR) is 109 cm³/mol. The van der Waals surface area contributed by atoms with E-state index in [1.54, 1.807) is 31.4 Å². The Hall–Kier alpha value is -2.57. The molecule has 1 heterocycles. The number of hydrogen-bond acceptors (Lipinski definition) is 4. The van der Waals surface area contributed by atoms with Crippen molar-refractivity contribution < 1.29 is 14.6 Å². The number of ether oxygens (including phenoxy) is 1. The van der Waals surface area contributed by atoms with Crippen molar-refractivity contribution in [2.75, 3.05) is 33.3 Å². The molecule has 1 aliphatic rings. The van der Waals surface area contributed by atoms with Gasteiger partial charge in [-0.1, -0.05) is 42.5 Å². The fraction of sp³-hybridized carbons (Fsp3) is 0.409. The van der Waals surface area contributed by atoms with Gasteiger partial charge in [-0.2, -0.15) is 0 Å². The largest absolute Gasteiger partial charge is 0.497 e. The van der Waals surface area contributed by atoms with Crippen LogP contribution < -0.4 is 15.4 Å². The van der Waals surface area contributed by atoms with Gasteiger partial charge in [0, 0.05) is 13.1 Å². The average molecular weight is 383 g/mol. The van der Waals surface area contributed by atoms with Crippen molar-refractivity contribution in [2.24, 2.45) is 0 Å². The van der Waals surface area contributed by atoms with Crippen LogP contribution in [0.25, 0.3) is 0 Å². The molecule has 1 saturated heterocycles. The van der Waals surface area contributed by atoms with Crippen LogP contribution in [0.2, 0.25) is 0 Å². The smallest absolute Gasteiger partial charge is 0.314 e. The molecule has 2 aromatic carbocycles. The van der Waals surface area contributed by atoms with Crippen LogP contribution in [0.4, 0.5) is 4.79 Å². The lowest BCUT2D eigenvalue weighted by Crippen LogP contribution is -2.42. The normalized spacial score (nSPS) is 16.4. The minimum atomic E-state index is -0.764. The van der Waals surface area contributed by atoms with Gasteiger partial charge in [0.1, 0.15) is 5.75 Å². The lowest BCUT2D eigenvalue weighted by molar-refractivity contribution is 0.172. The Morgan fingerprint density at radius 3 is 2.29 bits per heavy atom. The zero-order valence-corrected chi connectivity index (χ0v) is 16.3. The molecule has 1 aliphatic heterocycles. The number of aliphatic hydroxyl groups excluding tert-OH is 1. The van der Waals surface area contributed by atoms with Crippen molar-refractivity contribution in [3.8, 4) is 5.75 Å². The van der Waals surface area contributed by atoms with Crippen LogP contribution in [0.1, 0.15) is 36.1 Å². The number of rotatable bonds is 8. The maximum atomic E-state index is 12.3. The van der Waals surface area contributed by atoms with E-state index in [4.69, 9.17) is 4.74 Å². The number of nitrogens with one attached hydrogen (secondary N) is 2. The topological polar surface area (TPSA) is 73.8 Å². The molecule has 0 aliphatic carbocycles. The van der Waals surface area contributed by atoms with Crippen LogP contribution in [0.3, 0.4) is 0 Å². The summed E-state index contributed by atoms with van der Waals surface area (Å²) in [6.07, 6.45) is 1.63. The Bertz CT molecular complexity index is 730. The first-order chi connectivity index (χ1) is 13.7. The lowest BCUT2D eigenvalue weighted by atomic mass is 10.1. The number of carbonyl (C=O) groups is 1. The summed E-state index contributed by atoms with van der Waals surface area (Å²) in [5.41, 5.74) is 1.95. The zero-order valence-electron chi connectivity index (χ0n) is 16.3. The average Bonchev–Trinajstić information content (AvgIpc) is 3.27. The van der Waals surface area contributed by atoms with Gasteiger partial charge in [-0.15, -0.1) is 0 Å². The highest BCUT2D eigenvalue weighted by Crippen LogP contribution is 2.24. The molecule has 2 unspecified atom stereocenters. The van der Waals surface area contributed by atoms with Crippen LogP contribution in [-0.4, -0.2) is 49.3 Å². The molecule has 0 radical (unpaired) electrons. The molecule has 28 heavy (non-hydrogen) atoms. The summed E-state index contributed by atoms with van der Waals surface area (Å²) in [6, 6.07) is 17.3.